The van der Waals surface area contributed by atoms with Gasteiger partial charge in [-0.2, -0.15) is 0 Å². The summed E-state index contributed by atoms with van der Waals surface area (Å²) >= 11 is 0. The highest BCUT2D eigenvalue weighted by Crippen LogP contribution is 2.14. The van der Waals surface area contributed by atoms with Gasteiger partial charge in [-0.3, -0.25) is 19.5 Å². The third kappa shape index (κ3) is 8.13. The van der Waals surface area contributed by atoms with Gasteiger partial charge in [0.15, 0.2) is 5.96 Å². The lowest BCUT2D eigenvalue weighted by atomic mass is 9.92. The average Bonchev–Trinajstić information content (AvgIpc) is 2.64. The summed E-state index contributed by atoms with van der Waals surface area (Å²) < 4.78 is 4.93. The molecule has 2 amide bonds. The number of piperazine rings is 1. The third-order valence-electron chi connectivity index (χ3n) is 4.52. The zero-order valence-electron chi connectivity index (χ0n) is 17.4. The second kappa shape index (κ2) is 11.8. The highest BCUT2D eigenvalue weighted by atomic mass is 16.5. The molecule has 0 saturated carbocycles. The first kappa shape index (κ1) is 23.2. The maximum absolute atomic E-state index is 12.1. The number of rotatable bonds is 9. The minimum Gasteiger partial charge on any atom is -0.383 e. The molecule has 0 atom stereocenters. The lowest BCUT2D eigenvalue weighted by molar-refractivity contribution is -0.128. The summed E-state index contributed by atoms with van der Waals surface area (Å²) in [7, 11) is 3.36. The number of hydrogen-bond acceptors (Lipinski definition) is 5. The van der Waals surface area contributed by atoms with Crippen molar-refractivity contribution in [3.8, 4) is 0 Å². The Hall–Kier alpha value is -1.87. The standard InChI is InChI=1S/C18H36N6O3/c1-6-20-16(26)18(2,3)14-22-17(19-4)24-10-8-23(9-11-24)13-15(25)21-7-12-27-5/h6-14H2,1-5H3,(H,19,22)(H,20,26)(H,21,25). The van der Waals surface area contributed by atoms with Crippen LogP contribution in [-0.4, -0.2) is 101 Å². The number of methoxy groups -OCH3 is 1. The molecule has 27 heavy (non-hydrogen) atoms. The van der Waals surface area contributed by atoms with E-state index in [0.717, 1.165) is 32.1 Å². The van der Waals surface area contributed by atoms with Crippen molar-refractivity contribution >= 4 is 17.8 Å². The summed E-state index contributed by atoms with van der Waals surface area (Å²) in [6, 6.07) is 0. The quantitative estimate of drug-likeness (QED) is 0.271. The Morgan fingerprint density at radius 1 is 1.11 bits per heavy atom. The van der Waals surface area contributed by atoms with Crippen molar-refractivity contribution < 1.29 is 14.3 Å². The van der Waals surface area contributed by atoms with Crippen molar-refractivity contribution in [3.63, 3.8) is 0 Å². The molecule has 1 fully saturated rings. The summed E-state index contributed by atoms with van der Waals surface area (Å²) in [4.78, 5) is 32.7. The van der Waals surface area contributed by atoms with E-state index >= 15 is 0 Å². The van der Waals surface area contributed by atoms with Crippen LogP contribution in [0.1, 0.15) is 20.8 Å². The van der Waals surface area contributed by atoms with Gasteiger partial charge in [0.05, 0.1) is 18.6 Å². The minimum absolute atomic E-state index is 0.0201. The van der Waals surface area contributed by atoms with Gasteiger partial charge in [-0.15, -0.1) is 0 Å². The molecule has 0 radical (unpaired) electrons. The molecule has 3 N–H and O–H groups in total. The first-order valence-electron chi connectivity index (χ1n) is 9.56. The smallest absolute Gasteiger partial charge is 0.234 e. The van der Waals surface area contributed by atoms with Gasteiger partial charge < -0.3 is 25.6 Å². The van der Waals surface area contributed by atoms with Crippen molar-refractivity contribution in [3.05, 3.63) is 0 Å². The van der Waals surface area contributed by atoms with Gasteiger partial charge in [-0.05, 0) is 20.8 Å². The molecule has 1 rings (SSSR count). The monoisotopic (exact) mass is 384 g/mol. The molecule has 0 aliphatic carbocycles. The van der Waals surface area contributed by atoms with Crippen LogP contribution >= 0.6 is 0 Å². The molecule has 9 heteroatoms. The maximum Gasteiger partial charge on any atom is 0.234 e. The van der Waals surface area contributed by atoms with Crippen molar-refractivity contribution in [2.45, 2.75) is 20.8 Å². The first-order valence-corrected chi connectivity index (χ1v) is 9.56. The molecular weight excluding hydrogens is 348 g/mol. The number of carbonyl (C=O) groups excluding carboxylic acids is 2. The first-order chi connectivity index (χ1) is 12.8. The Kier molecular flexibility index (Phi) is 10.1. The minimum atomic E-state index is -0.520. The van der Waals surface area contributed by atoms with Crippen LogP contribution in [0.25, 0.3) is 0 Å². The van der Waals surface area contributed by atoms with Gasteiger partial charge >= 0.3 is 0 Å². The fourth-order valence-electron chi connectivity index (χ4n) is 2.78. The van der Waals surface area contributed by atoms with Gasteiger partial charge in [0.25, 0.3) is 0 Å². The second-order valence-electron chi connectivity index (χ2n) is 7.25. The van der Waals surface area contributed by atoms with Crippen LogP contribution < -0.4 is 16.0 Å². The molecule has 156 valence electrons. The Balaban J connectivity index is 2.41. The summed E-state index contributed by atoms with van der Waals surface area (Å²) in [5.41, 5.74) is -0.520. The number of nitrogens with one attached hydrogen (secondary N) is 3. The van der Waals surface area contributed by atoms with E-state index in [0.29, 0.717) is 32.8 Å². The number of carbonyl (C=O) groups is 2. The van der Waals surface area contributed by atoms with Crippen LogP contribution in [0.5, 0.6) is 0 Å². The highest BCUT2D eigenvalue weighted by molar-refractivity contribution is 5.84. The van der Waals surface area contributed by atoms with Crippen molar-refractivity contribution in [2.75, 3.05) is 73.1 Å². The normalized spacial score (nSPS) is 16.2. The summed E-state index contributed by atoms with van der Waals surface area (Å²) in [6.45, 7) is 11.5. The van der Waals surface area contributed by atoms with Crippen LogP contribution in [0.3, 0.4) is 0 Å². The molecule has 0 bridgehead atoms. The lowest BCUT2D eigenvalue weighted by Gasteiger charge is -2.37. The van der Waals surface area contributed by atoms with Crippen LogP contribution in [0, 0.1) is 5.41 Å². The number of guanidine groups is 1. The Labute approximate surface area is 162 Å². The van der Waals surface area contributed by atoms with Gasteiger partial charge in [0, 0.05) is 60.0 Å². The number of nitrogens with zero attached hydrogens (tertiary/aromatic N) is 3. The van der Waals surface area contributed by atoms with Crippen molar-refractivity contribution in [1.82, 2.24) is 25.8 Å². The van der Waals surface area contributed by atoms with Gasteiger partial charge in [0.2, 0.25) is 11.8 Å². The molecule has 1 heterocycles. The van der Waals surface area contributed by atoms with Gasteiger partial charge in [0.1, 0.15) is 0 Å². The van der Waals surface area contributed by atoms with Crippen LogP contribution in [0.4, 0.5) is 0 Å². The summed E-state index contributed by atoms with van der Waals surface area (Å²) in [5.74, 6) is 0.834. The summed E-state index contributed by atoms with van der Waals surface area (Å²) in [5, 5.41) is 9.02. The topological polar surface area (TPSA) is 98.3 Å². The number of aliphatic imine (C=N–C) groups is 1. The Bertz CT molecular complexity index is 501. The molecule has 0 spiro atoms. The van der Waals surface area contributed by atoms with Crippen LogP contribution in [-0.2, 0) is 14.3 Å². The van der Waals surface area contributed by atoms with Gasteiger partial charge in [-0.25, -0.2) is 0 Å². The summed E-state index contributed by atoms with van der Waals surface area (Å²) in [6.07, 6.45) is 0. The molecule has 0 aromatic carbocycles. The lowest BCUT2D eigenvalue weighted by Crippen LogP contribution is -2.55. The maximum atomic E-state index is 12.1. The molecule has 1 saturated heterocycles. The van der Waals surface area contributed by atoms with E-state index in [2.05, 4.69) is 30.7 Å². The van der Waals surface area contributed by atoms with Crippen molar-refractivity contribution in [1.29, 1.82) is 0 Å². The number of amides is 2. The SMILES string of the molecule is CCNC(=O)C(C)(C)CNC(=NC)N1CCN(CC(=O)NCCOC)CC1. The predicted molar refractivity (Wildman–Crippen MR) is 107 cm³/mol. The van der Waals surface area contributed by atoms with E-state index in [-0.39, 0.29) is 11.8 Å². The molecule has 1 aliphatic heterocycles. The van der Waals surface area contributed by atoms with E-state index in [1.165, 1.54) is 0 Å². The van der Waals surface area contributed by atoms with Crippen LogP contribution in [0.2, 0.25) is 0 Å². The Morgan fingerprint density at radius 3 is 2.33 bits per heavy atom. The molecule has 0 aromatic rings. The zero-order chi connectivity index (χ0) is 20.3. The van der Waals surface area contributed by atoms with E-state index in [1.54, 1.807) is 14.2 Å². The zero-order valence-corrected chi connectivity index (χ0v) is 17.4. The molecule has 1 aliphatic rings. The average molecular weight is 385 g/mol. The van der Waals surface area contributed by atoms with Gasteiger partial charge in [-0.1, -0.05) is 0 Å². The van der Waals surface area contributed by atoms with Crippen molar-refractivity contribution in [2.24, 2.45) is 10.4 Å². The van der Waals surface area contributed by atoms with E-state index < -0.39 is 5.41 Å². The third-order valence-corrected chi connectivity index (χ3v) is 4.52. The molecule has 0 aromatic heterocycles. The van der Waals surface area contributed by atoms with Crippen LogP contribution in [0.15, 0.2) is 4.99 Å². The predicted octanol–water partition coefficient (Wildman–Crippen LogP) is -0.896. The number of hydrogen-bond donors (Lipinski definition) is 3. The Morgan fingerprint density at radius 2 is 1.78 bits per heavy atom. The molecule has 0 unspecified atom stereocenters. The fourth-order valence-corrected chi connectivity index (χ4v) is 2.78. The second-order valence-corrected chi connectivity index (χ2v) is 7.25. The van der Waals surface area contributed by atoms with E-state index in [4.69, 9.17) is 4.74 Å². The highest BCUT2D eigenvalue weighted by Gasteiger charge is 2.28. The number of ether oxygens (including phenoxy) is 1. The molecular formula is C18H36N6O3. The van der Waals surface area contributed by atoms with E-state index in [9.17, 15) is 9.59 Å². The molecule has 9 nitrogen and oxygen atoms in total. The fraction of sp³-hybridized carbons (Fsp3) is 0.833. The largest absolute Gasteiger partial charge is 0.383 e. The van der Waals surface area contributed by atoms with E-state index in [1.807, 2.05) is 20.8 Å².